The first kappa shape index (κ1) is 22.4. The Balaban J connectivity index is 3.79. The molecule has 0 aliphatic rings. The van der Waals surface area contributed by atoms with Crippen LogP contribution in [0, 0.1) is 0 Å². The summed E-state index contributed by atoms with van der Waals surface area (Å²) >= 11 is 0. The summed E-state index contributed by atoms with van der Waals surface area (Å²) in [7, 11) is 0. The van der Waals surface area contributed by atoms with Gasteiger partial charge in [-0.1, -0.05) is 37.5 Å². The molecule has 0 bridgehead atoms. The third-order valence-corrected chi connectivity index (χ3v) is 3.87. The number of esters is 1. The molecule has 0 fully saturated rings. The van der Waals surface area contributed by atoms with E-state index in [1.54, 1.807) is 0 Å². The van der Waals surface area contributed by atoms with E-state index in [1.165, 1.54) is 33.1 Å². The van der Waals surface area contributed by atoms with Crippen LogP contribution in [0.3, 0.4) is 0 Å². The number of amides is 1. The van der Waals surface area contributed by atoms with Crippen LogP contribution in [0.25, 0.3) is 0 Å². The average Bonchev–Trinajstić information content (AvgIpc) is 2.50. The molecule has 4 nitrogen and oxygen atoms in total. The Morgan fingerprint density at radius 2 is 1.62 bits per heavy atom. The third-order valence-electron chi connectivity index (χ3n) is 3.87. The first-order valence-corrected chi connectivity index (χ1v) is 9.17. The van der Waals surface area contributed by atoms with E-state index in [-0.39, 0.29) is 24.0 Å². The predicted molar refractivity (Wildman–Crippen MR) is 99.7 cm³/mol. The molecule has 0 aromatic rings. The van der Waals surface area contributed by atoms with Gasteiger partial charge in [-0.2, -0.15) is 0 Å². The molecule has 2 unspecified atom stereocenters. The van der Waals surface area contributed by atoms with Gasteiger partial charge in [0.15, 0.2) is 0 Å². The molecule has 138 valence electrons. The van der Waals surface area contributed by atoms with Crippen molar-refractivity contribution in [2.24, 2.45) is 0 Å². The van der Waals surface area contributed by atoms with Gasteiger partial charge >= 0.3 is 5.97 Å². The highest BCUT2D eigenvalue weighted by Gasteiger charge is 2.20. The molecule has 0 rings (SSSR count). The average molecular weight is 338 g/mol. The van der Waals surface area contributed by atoms with Crippen LogP contribution in [-0.4, -0.2) is 24.0 Å². The minimum Gasteiger partial charge on any atom is -0.460 e. The quantitative estimate of drug-likeness (QED) is 0.284. The fraction of sp³-hybridized carbons (Fsp3) is 0.700. The largest absolute Gasteiger partial charge is 0.460 e. The summed E-state index contributed by atoms with van der Waals surface area (Å²) in [4.78, 5) is 22.3. The number of nitrogens with one attached hydrogen (secondary N) is 1. The van der Waals surface area contributed by atoms with Crippen molar-refractivity contribution in [3.63, 3.8) is 0 Å². The number of unbranched alkanes of at least 4 members (excludes halogenated alkanes) is 6. The Morgan fingerprint density at radius 3 is 2.25 bits per heavy atom. The molecule has 0 aliphatic heterocycles. The van der Waals surface area contributed by atoms with Crippen molar-refractivity contribution < 1.29 is 14.3 Å². The number of hydrogen-bond donors (Lipinski definition) is 1. The molecule has 0 radical (unpaired) electrons. The number of carbonyl (C=O) groups is 2. The van der Waals surface area contributed by atoms with Crippen LogP contribution in [0.5, 0.6) is 0 Å². The van der Waals surface area contributed by atoms with Gasteiger partial charge in [-0.05, 0) is 45.4 Å². The fourth-order valence-electron chi connectivity index (χ4n) is 2.63. The lowest BCUT2D eigenvalue weighted by atomic mass is 10.0. The van der Waals surface area contributed by atoms with Gasteiger partial charge in [0.2, 0.25) is 5.91 Å². The first-order valence-electron chi connectivity index (χ1n) is 9.17. The van der Waals surface area contributed by atoms with Gasteiger partial charge in [-0.15, -0.1) is 6.58 Å². The van der Waals surface area contributed by atoms with Crippen LogP contribution in [0.4, 0.5) is 0 Å². The molecular formula is C20H35NO3. The van der Waals surface area contributed by atoms with Crippen LogP contribution in [-0.2, 0) is 14.3 Å². The number of rotatable bonds is 14. The zero-order chi connectivity index (χ0) is 18.2. The van der Waals surface area contributed by atoms with Gasteiger partial charge < -0.3 is 10.1 Å². The van der Waals surface area contributed by atoms with E-state index in [0.717, 1.165) is 38.5 Å². The zero-order valence-corrected chi connectivity index (χ0v) is 15.7. The van der Waals surface area contributed by atoms with E-state index in [4.69, 9.17) is 4.74 Å². The van der Waals surface area contributed by atoms with E-state index in [1.807, 2.05) is 13.0 Å². The van der Waals surface area contributed by atoms with Crippen LogP contribution in [0.1, 0.15) is 78.6 Å². The minimum absolute atomic E-state index is 0.0965. The van der Waals surface area contributed by atoms with Crippen molar-refractivity contribution in [1.29, 1.82) is 0 Å². The normalized spacial score (nSPS) is 13.5. The highest BCUT2D eigenvalue weighted by molar-refractivity contribution is 5.73. The number of carbonyl (C=O) groups excluding carboxylic acids is 2. The Morgan fingerprint density at radius 1 is 1.00 bits per heavy atom. The number of ether oxygens (including phenoxy) is 1. The van der Waals surface area contributed by atoms with Crippen LogP contribution >= 0.6 is 0 Å². The second-order valence-corrected chi connectivity index (χ2v) is 6.32. The molecule has 0 saturated heterocycles. The SMILES string of the molecule is C=CCCC=CCCCCCCCC(OC(C)=O)C(C)NC(C)=O. The van der Waals surface area contributed by atoms with Crippen molar-refractivity contribution in [2.45, 2.75) is 90.7 Å². The van der Waals surface area contributed by atoms with Crippen LogP contribution in [0.2, 0.25) is 0 Å². The Bertz CT molecular complexity index is 390. The molecule has 1 amide bonds. The highest BCUT2D eigenvalue weighted by Crippen LogP contribution is 2.13. The van der Waals surface area contributed by atoms with Crippen molar-refractivity contribution >= 4 is 11.9 Å². The van der Waals surface area contributed by atoms with Crippen LogP contribution in [0.15, 0.2) is 24.8 Å². The summed E-state index contributed by atoms with van der Waals surface area (Å²) in [6.07, 6.45) is 16.1. The van der Waals surface area contributed by atoms with Crippen molar-refractivity contribution in [3.8, 4) is 0 Å². The number of allylic oxidation sites excluding steroid dienone is 3. The first-order chi connectivity index (χ1) is 11.5. The van der Waals surface area contributed by atoms with Crippen molar-refractivity contribution in [3.05, 3.63) is 24.8 Å². The number of hydrogen-bond acceptors (Lipinski definition) is 3. The van der Waals surface area contributed by atoms with Crippen LogP contribution < -0.4 is 5.32 Å². The van der Waals surface area contributed by atoms with E-state index in [9.17, 15) is 9.59 Å². The lowest BCUT2D eigenvalue weighted by molar-refractivity contribution is -0.148. The molecule has 0 aliphatic carbocycles. The van der Waals surface area contributed by atoms with Gasteiger partial charge in [0.1, 0.15) is 6.10 Å². The second kappa shape index (κ2) is 15.0. The molecule has 4 heteroatoms. The lowest BCUT2D eigenvalue weighted by Crippen LogP contribution is -2.42. The summed E-state index contributed by atoms with van der Waals surface area (Å²) in [6, 6.07) is -0.146. The zero-order valence-electron chi connectivity index (χ0n) is 15.7. The van der Waals surface area contributed by atoms with Gasteiger partial charge in [-0.3, -0.25) is 9.59 Å². The summed E-state index contributed by atoms with van der Waals surface area (Å²) in [5.74, 6) is -0.388. The maximum Gasteiger partial charge on any atom is 0.302 e. The standard InChI is InChI=1S/C20H35NO3/c1-5-6-7-8-9-10-11-12-13-14-15-16-20(24-19(4)23)17(2)21-18(3)22/h5,8-9,17,20H,1,6-7,10-16H2,2-4H3,(H,21,22). The smallest absolute Gasteiger partial charge is 0.302 e. The maximum atomic E-state index is 11.2. The third kappa shape index (κ3) is 14.0. The topological polar surface area (TPSA) is 55.4 Å². The Labute approximate surface area is 147 Å². The van der Waals surface area contributed by atoms with Gasteiger partial charge in [-0.25, -0.2) is 0 Å². The second-order valence-electron chi connectivity index (χ2n) is 6.32. The lowest BCUT2D eigenvalue weighted by Gasteiger charge is -2.24. The molecule has 2 atom stereocenters. The molecule has 0 heterocycles. The molecule has 24 heavy (non-hydrogen) atoms. The summed E-state index contributed by atoms with van der Waals surface area (Å²) in [6.45, 7) is 8.48. The molecule has 1 N–H and O–H groups in total. The fourth-order valence-corrected chi connectivity index (χ4v) is 2.63. The van der Waals surface area contributed by atoms with Crippen molar-refractivity contribution in [2.75, 3.05) is 0 Å². The summed E-state index contributed by atoms with van der Waals surface area (Å²) in [5.41, 5.74) is 0. The maximum absolute atomic E-state index is 11.2. The predicted octanol–water partition coefficient (Wildman–Crippen LogP) is 4.70. The summed E-state index contributed by atoms with van der Waals surface area (Å²) < 4.78 is 5.34. The molecular weight excluding hydrogens is 302 g/mol. The monoisotopic (exact) mass is 337 g/mol. The Kier molecular flexibility index (Phi) is 14.0. The molecule has 0 spiro atoms. The van der Waals surface area contributed by atoms with Gasteiger partial charge in [0.05, 0.1) is 6.04 Å². The molecule has 0 saturated carbocycles. The minimum atomic E-state index is -0.291. The van der Waals surface area contributed by atoms with E-state index >= 15 is 0 Å². The van der Waals surface area contributed by atoms with E-state index in [0.29, 0.717) is 0 Å². The molecule has 0 aromatic heterocycles. The Hall–Kier alpha value is -1.58. The van der Waals surface area contributed by atoms with E-state index in [2.05, 4.69) is 24.0 Å². The van der Waals surface area contributed by atoms with Gasteiger partial charge in [0.25, 0.3) is 0 Å². The van der Waals surface area contributed by atoms with Gasteiger partial charge in [0, 0.05) is 13.8 Å². The molecule has 0 aromatic carbocycles. The summed E-state index contributed by atoms with van der Waals surface area (Å²) in [5, 5.41) is 2.81. The highest BCUT2D eigenvalue weighted by atomic mass is 16.5. The van der Waals surface area contributed by atoms with E-state index < -0.39 is 0 Å². The van der Waals surface area contributed by atoms with Crippen molar-refractivity contribution in [1.82, 2.24) is 5.32 Å².